The monoisotopic (exact) mass is 414 g/mol. The van der Waals surface area contributed by atoms with Crippen LogP contribution in [0.4, 0.5) is 11.8 Å². The number of aromatic amines is 1. The third-order valence-electron chi connectivity index (χ3n) is 5.00. The van der Waals surface area contributed by atoms with Crippen molar-refractivity contribution in [3.63, 3.8) is 0 Å². The zero-order chi connectivity index (χ0) is 21.5. The Hall–Kier alpha value is -3.21. The molecule has 0 aromatic carbocycles. The number of nitrogens with one attached hydrogen (secondary N) is 2. The van der Waals surface area contributed by atoms with Crippen LogP contribution in [0.1, 0.15) is 26.5 Å². The highest BCUT2D eigenvalue weighted by atomic mass is 16.5. The van der Waals surface area contributed by atoms with Crippen molar-refractivity contribution < 1.29 is 9.32 Å². The summed E-state index contributed by atoms with van der Waals surface area (Å²) >= 11 is 0. The minimum Gasteiger partial charge on any atom is -0.360 e. The molecule has 0 aliphatic carbocycles. The molecule has 11 nitrogen and oxygen atoms in total. The van der Waals surface area contributed by atoms with Crippen LogP contribution in [0.2, 0.25) is 0 Å². The average molecular weight is 414 g/mol. The third-order valence-corrected chi connectivity index (χ3v) is 5.00. The first kappa shape index (κ1) is 20.1. The van der Waals surface area contributed by atoms with Gasteiger partial charge in [0.25, 0.3) is 5.56 Å². The van der Waals surface area contributed by atoms with Crippen molar-refractivity contribution in [2.45, 2.75) is 33.2 Å². The Balaban J connectivity index is 1.42. The van der Waals surface area contributed by atoms with E-state index in [1.165, 1.54) is 0 Å². The number of nitrogens with zero attached hydrogens (tertiary/aromatic N) is 6. The van der Waals surface area contributed by atoms with Gasteiger partial charge in [-0.1, -0.05) is 5.16 Å². The van der Waals surface area contributed by atoms with Gasteiger partial charge >= 0.3 is 0 Å². The number of H-pyrrole nitrogens is 1. The number of amides is 1. The van der Waals surface area contributed by atoms with Crippen LogP contribution in [-0.2, 0) is 10.3 Å². The number of piperazine rings is 1. The highest BCUT2D eigenvalue weighted by Crippen LogP contribution is 2.20. The van der Waals surface area contributed by atoms with E-state index in [0.717, 1.165) is 0 Å². The highest BCUT2D eigenvalue weighted by molar-refractivity contribution is 5.91. The van der Waals surface area contributed by atoms with Gasteiger partial charge in [0.15, 0.2) is 11.5 Å². The number of rotatable bonds is 4. The van der Waals surface area contributed by atoms with E-state index >= 15 is 0 Å². The second kappa shape index (κ2) is 7.56. The molecular weight excluding hydrogens is 388 g/mol. The van der Waals surface area contributed by atoms with Gasteiger partial charge in [-0.3, -0.25) is 19.5 Å². The number of fused-ring (bicyclic) bond motifs is 1. The summed E-state index contributed by atoms with van der Waals surface area (Å²) in [5.41, 5.74) is 0.0926. The summed E-state index contributed by atoms with van der Waals surface area (Å²) in [5.74, 6) is 1.45. The van der Waals surface area contributed by atoms with Crippen LogP contribution in [0.5, 0.6) is 0 Å². The second-order valence-corrected chi connectivity index (χ2v) is 8.49. The molecule has 3 aromatic rings. The Bertz CT molecular complexity index is 1110. The molecular formula is C19H26N8O3. The van der Waals surface area contributed by atoms with Gasteiger partial charge < -0.3 is 14.7 Å². The van der Waals surface area contributed by atoms with E-state index in [9.17, 15) is 9.59 Å². The summed E-state index contributed by atoms with van der Waals surface area (Å²) in [5, 5.41) is 11.3. The van der Waals surface area contributed by atoms with Crippen molar-refractivity contribution in [1.82, 2.24) is 29.8 Å². The first-order valence-corrected chi connectivity index (χ1v) is 9.90. The fourth-order valence-corrected chi connectivity index (χ4v) is 3.48. The van der Waals surface area contributed by atoms with Crippen molar-refractivity contribution in [1.29, 1.82) is 0 Å². The second-order valence-electron chi connectivity index (χ2n) is 8.49. The summed E-state index contributed by atoms with van der Waals surface area (Å²) in [6.45, 7) is 10.7. The van der Waals surface area contributed by atoms with Crippen LogP contribution in [0.3, 0.4) is 0 Å². The lowest BCUT2D eigenvalue weighted by molar-refractivity contribution is -0.117. The van der Waals surface area contributed by atoms with Crippen molar-refractivity contribution in [2.75, 3.05) is 42.9 Å². The van der Waals surface area contributed by atoms with Crippen LogP contribution in [0, 0.1) is 6.92 Å². The molecule has 1 amide bonds. The van der Waals surface area contributed by atoms with Crippen LogP contribution in [0.25, 0.3) is 11.0 Å². The minimum atomic E-state index is -0.283. The van der Waals surface area contributed by atoms with E-state index in [1.54, 1.807) is 23.9 Å². The van der Waals surface area contributed by atoms with E-state index in [-0.39, 0.29) is 23.6 Å². The van der Waals surface area contributed by atoms with Crippen LogP contribution >= 0.6 is 0 Å². The first-order chi connectivity index (χ1) is 14.2. The van der Waals surface area contributed by atoms with Crippen LogP contribution < -0.4 is 15.8 Å². The quantitative estimate of drug-likeness (QED) is 0.646. The van der Waals surface area contributed by atoms with Gasteiger partial charge in [-0.15, -0.1) is 0 Å². The minimum absolute atomic E-state index is 0.140. The Labute approximate surface area is 173 Å². The number of carbonyl (C=O) groups is 1. The molecule has 0 atom stereocenters. The van der Waals surface area contributed by atoms with Crippen LogP contribution in [0.15, 0.2) is 21.6 Å². The summed E-state index contributed by atoms with van der Waals surface area (Å²) in [6.07, 6.45) is 1.56. The lowest BCUT2D eigenvalue weighted by atomic mass is 10.1. The molecule has 1 aliphatic heterocycles. The average Bonchev–Trinajstić information content (AvgIpc) is 3.28. The molecule has 30 heavy (non-hydrogen) atoms. The predicted octanol–water partition coefficient (Wildman–Crippen LogP) is 0.932. The molecule has 3 aromatic heterocycles. The van der Waals surface area contributed by atoms with Gasteiger partial charge in [0.2, 0.25) is 11.9 Å². The molecule has 1 fully saturated rings. The fourth-order valence-electron chi connectivity index (χ4n) is 3.48. The van der Waals surface area contributed by atoms with Crippen molar-refractivity contribution >= 4 is 28.7 Å². The van der Waals surface area contributed by atoms with Gasteiger partial charge in [0.05, 0.1) is 18.3 Å². The van der Waals surface area contributed by atoms with Gasteiger partial charge in [-0.05, 0) is 27.7 Å². The zero-order valence-corrected chi connectivity index (χ0v) is 17.6. The molecule has 4 rings (SSSR count). The van der Waals surface area contributed by atoms with Crippen molar-refractivity contribution in [3.05, 3.63) is 28.4 Å². The molecule has 1 saturated heterocycles. The Kier molecular flexibility index (Phi) is 5.06. The maximum atomic E-state index is 12.5. The largest absolute Gasteiger partial charge is 0.360 e. The highest BCUT2D eigenvalue weighted by Gasteiger charge is 2.24. The first-order valence-electron chi connectivity index (χ1n) is 9.90. The molecule has 0 radical (unpaired) electrons. The number of carbonyl (C=O) groups excluding carboxylic acids is 1. The normalized spacial score (nSPS) is 15.7. The van der Waals surface area contributed by atoms with Crippen molar-refractivity contribution in [3.8, 4) is 0 Å². The van der Waals surface area contributed by atoms with Gasteiger partial charge in [-0.25, -0.2) is 4.68 Å². The van der Waals surface area contributed by atoms with Crippen LogP contribution in [-0.4, -0.2) is 68.4 Å². The van der Waals surface area contributed by atoms with Gasteiger partial charge in [-0.2, -0.15) is 10.1 Å². The Morgan fingerprint density at radius 3 is 2.63 bits per heavy atom. The molecule has 0 saturated carbocycles. The van der Waals surface area contributed by atoms with E-state index in [4.69, 9.17) is 4.52 Å². The van der Waals surface area contributed by atoms with E-state index in [0.29, 0.717) is 54.7 Å². The number of aryl methyl sites for hydroxylation is 1. The lowest BCUT2D eigenvalue weighted by Gasteiger charge is -2.34. The molecule has 0 spiro atoms. The Morgan fingerprint density at radius 2 is 2.00 bits per heavy atom. The summed E-state index contributed by atoms with van der Waals surface area (Å²) in [4.78, 5) is 36.4. The van der Waals surface area contributed by atoms with E-state index in [2.05, 4.69) is 30.4 Å². The number of hydrogen-bond acceptors (Lipinski definition) is 8. The number of aromatic nitrogens is 5. The molecule has 2 N–H and O–H groups in total. The Morgan fingerprint density at radius 1 is 1.27 bits per heavy atom. The van der Waals surface area contributed by atoms with Crippen molar-refractivity contribution in [2.24, 2.45) is 0 Å². The molecule has 0 bridgehead atoms. The summed E-state index contributed by atoms with van der Waals surface area (Å²) in [6, 6.07) is 1.68. The van der Waals surface area contributed by atoms with E-state index in [1.807, 2.05) is 25.7 Å². The molecule has 160 valence electrons. The topological polar surface area (TPSA) is 125 Å². The zero-order valence-electron chi connectivity index (χ0n) is 17.6. The van der Waals surface area contributed by atoms with Gasteiger partial charge in [0.1, 0.15) is 11.1 Å². The molecule has 1 aliphatic rings. The van der Waals surface area contributed by atoms with E-state index < -0.39 is 0 Å². The smallest absolute Gasteiger partial charge is 0.263 e. The fraction of sp³-hybridized carbons (Fsp3) is 0.526. The SMILES string of the molecule is Cc1cc(NC(=O)CN2CCN(c3nc4c(cnn4C(C)(C)C)c(=O)[nH]3)CC2)no1. The summed E-state index contributed by atoms with van der Waals surface area (Å²) < 4.78 is 6.73. The number of hydrogen-bond donors (Lipinski definition) is 2. The maximum Gasteiger partial charge on any atom is 0.263 e. The number of anilines is 2. The predicted molar refractivity (Wildman–Crippen MR) is 112 cm³/mol. The maximum absolute atomic E-state index is 12.5. The third kappa shape index (κ3) is 4.06. The molecule has 0 unspecified atom stereocenters. The standard InChI is InChI=1S/C19H26N8O3/c1-12-9-14(24-30-12)21-15(28)11-25-5-7-26(8-6-25)18-22-16-13(17(29)23-18)10-20-27(16)19(2,3)4/h9-10H,5-8,11H2,1-4H3,(H,21,24,28)(H,22,23,29). The lowest BCUT2D eigenvalue weighted by Crippen LogP contribution is -2.49. The molecule has 11 heteroatoms. The summed E-state index contributed by atoms with van der Waals surface area (Å²) in [7, 11) is 0. The van der Waals surface area contributed by atoms with Gasteiger partial charge in [0, 0.05) is 32.2 Å². The molecule has 4 heterocycles.